The van der Waals surface area contributed by atoms with E-state index in [0.29, 0.717) is 6.42 Å². The Bertz CT molecular complexity index is 343. The molecule has 20 heavy (non-hydrogen) atoms. The maximum atomic E-state index is 10.7. The number of rotatable bonds is 9. The summed E-state index contributed by atoms with van der Waals surface area (Å²) in [6.45, 7) is 14.0. The number of aliphatic hydroxyl groups excluding tert-OH is 1. The Morgan fingerprint density at radius 1 is 1.35 bits per heavy atom. The maximum absolute atomic E-state index is 10.7. The Balaban J connectivity index is 5.35. The molecule has 0 aliphatic heterocycles. The topological polar surface area (TPSA) is 43.7 Å². The highest BCUT2D eigenvalue weighted by Crippen LogP contribution is 2.28. The molecule has 1 unspecified atom stereocenters. The van der Waals surface area contributed by atoms with Gasteiger partial charge in [-0.15, -0.1) is 0 Å². The fourth-order valence-corrected chi connectivity index (χ4v) is 2.39. The zero-order valence-corrected chi connectivity index (χ0v) is 13.6. The van der Waals surface area contributed by atoms with Gasteiger partial charge in [-0.25, -0.2) is 0 Å². The number of allylic oxidation sites excluding steroid dienone is 3. The molecule has 0 aromatic heterocycles. The molecule has 0 radical (unpaired) electrons. The Labute approximate surface area is 124 Å². The minimum absolute atomic E-state index is 0.0992. The van der Waals surface area contributed by atoms with Crippen molar-refractivity contribution in [2.24, 2.45) is 5.92 Å². The summed E-state index contributed by atoms with van der Waals surface area (Å²) < 4.78 is 0. The third-order valence-corrected chi connectivity index (χ3v) is 3.47. The van der Waals surface area contributed by atoms with Crippen LogP contribution in [0.3, 0.4) is 0 Å². The Morgan fingerprint density at radius 2 is 1.95 bits per heavy atom. The lowest BCUT2D eigenvalue weighted by Gasteiger charge is -2.41. The highest BCUT2D eigenvalue weighted by molar-refractivity contribution is 5.28. The summed E-state index contributed by atoms with van der Waals surface area (Å²) in [5, 5.41) is 21.1. The molecule has 0 rings (SSSR count). The number of hydrogen-bond acceptors (Lipinski definition) is 3. The predicted molar refractivity (Wildman–Crippen MR) is 85.7 cm³/mol. The molecule has 0 saturated heterocycles. The Morgan fingerprint density at radius 3 is 2.35 bits per heavy atom. The molecule has 0 bridgehead atoms. The fraction of sp³-hybridized carbons (Fsp3) is 0.647. The van der Waals surface area contributed by atoms with Gasteiger partial charge in [0.2, 0.25) is 0 Å². The largest absolute Gasteiger partial charge is 0.396 e. The summed E-state index contributed by atoms with van der Waals surface area (Å²) in [5.41, 5.74) is 0.650. The summed E-state index contributed by atoms with van der Waals surface area (Å²) in [4.78, 5) is 0. The van der Waals surface area contributed by atoms with E-state index in [4.69, 9.17) is 5.11 Å². The minimum Gasteiger partial charge on any atom is -0.396 e. The quantitative estimate of drug-likeness (QED) is 0.497. The summed E-state index contributed by atoms with van der Waals surface area (Å²) in [5.74, 6) is 0.260. The van der Waals surface area contributed by atoms with Crippen LogP contribution in [0.25, 0.3) is 0 Å². The van der Waals surface area contributed by atoms with Crippen LogP contribution in [0, 0.1) is 5.92 Å². The average Bonchev–Trinajstić information content (AvgIpc) is 2.36. The van der Waals surface area contributed by atoms with Crippen molar-refractivity contribution in [2.75, 3.05) is 6.61 Å². The van der Waals surface area contributed by atoms with Crippen LogP contribution in [-0.2, 0) is 0 Å². The van der Waals surface area contributed by atoms with E-state index < -0.39 is 0 Å². The van der Waals surface area contributed by atoms with Crippen molar-refractivity contribution in [1.29, 1.82) is 0 Å². The second-order valence-electron chi connectivity index (χ2n) is 6.08. The van der Waals surface area contributed by atoms with E-state index in [1.165, 1.54) is 5.06 Å². The normalized spacial score (nSPS) is 15.3. The molecular weight excluding hydrogens is 250 g/mol. The van der Waals surface area contributed by atoms with E-state index in [0.717, 1.165) is 12.0 Å². The first-order valence-corrected chi connectivity index (χ1v) is 7.36. The fourth-order valence-electron chi connectivity index (χ4n) is 2.39. The van der Waals surface area contributed by atoms with Crippen molar-refractivity contribution in [1.82, 2.24) is 5.06 Å². The van der Waals surface area contributed by atoms with Gasteiger partial charge in [-0.2, -0.15) is 5.06 Å². The maximum Gasteiger partial charge on any atom is 0.0628 e. The third kappa shape index (κ3) is 5.61. The second-order valence-corrected chi connectivity index (χ2v) is 6.08. The monoisotopic (exact) mass is 281 g/mol. The van der Waals surface area contributed by atoms with Gasteiger partial charge in [0.15, 0.2) is 0 Å². The lowest BCUT2D eigenvalue weighted by molar-refractivity contribution is -0.194. The molecule has 116 valence electrons. The molecule has 2 N–H and O–H groups in total. The molecule has 0 aliphatic carbocycles. The Hall–Kier alpha value is -0.900. The molecule has 0 aromatic carbocycles. The van der Waals surface area contributed by atoms with Crippen LogP contribution in [0.5, 0.6) is 0 Å². The second kappa shape index (κ2) is 9.11. The summed E-state index contributed by atoms with van der Waals surface area (Å²) in [6, 6.07) is -0.0992. The lowest BCUT2D eigenvalue weighted by atomic mass is 9.89. The summed E-state index contributed by atoms with van der Waals surface area (Å²) in [6.07, 6.45) is 9.09. The minimum atomic E-state index is -0.389. The third-order valence-electron chi connectivity index (χ3n) is 3.47. The van der Waals surface area contributed by atoms with Gasteiger partial charge >= 0.3 is 0 Å². The van der Waals surface area contributed by atoms with Crippen LogP contribution in [-0.4, -0.2) is 33.6 Å². The van der Waals surface area contributed by atoms with Crippen molar-refractivity contribution in [2.45, 2.75) is 59.0 Å². The summed E-state index contributed by atoms with van der Waals surface area (Å²) in [7, 11) is 0. The van der Waals surface area contributed by atoms with Gasteiger partial charge in [0.1, 0.15) is 0 Å². The number of hydrogen-bond donors (Lipinski definition) is 2. The SMILES string of the molecule is C=C/C=C(\C=C/C)C(C(C)C)N(O)C(C)(C)CCCO. The zero-order chi connectivity index (χ0) is 15.8. The predicted octanol–water partition coefficient (Wildman–Crippen LogP) is 3.94. The van der Waals surface area contributed by atoms with Crippen molar-refractivity contribution in [3.8, 4) is 0 Å². The molecule has 0 saturated carbocycles. The number of aliphatic hydroxyl groups is 1. The smallest absolute Gasteiger partial charge is 0.0628 e. The van der Waals surface area contributed by atoms with Crippen molar-refractivity contribution in [3.05, 3.63) is 36.5 Å². The van der Waals surface area contributed by atoms with Crippen LogP contribution in [0.2, 0.25) is 0 Å². The van der Waals surface area contributed by atoms with Crippen molar-refractivity contribution < 1.29 is 10.3 Å². The van der Waals surface area contributed by atoms with E-state index >= 15 is 0 Å². The summed E-state index contributed by atoms with van der Waals surface area (Å²) >= 11 is 0. The molecular formula is C17H31NO2. The highest BCUT2D eigenvalue weighted by Gasteiger charge is 2.34. The van der Waals surface area contributed by atoms with Gasteiger partial charge in [-0.05, 0) is 45.1 Å². The molecule has 0 aromatic rings. The molecule has 3 heteroatoms. The molecule has 0 fully saturated rings. The molecule has 0 spiro atoms. The number of nitrogens with zero attached hydrogens (tertiary/aromatic N) is 1. The van der Waals surface area contributed by atoms with Crippen molar-refractivity contribution >= 4 is 0 Å². The molecule has 0 heterocycles. The average molecular weight is 281 g/mol. The van der Waals surface area contributed by atoms with Gasteiger partial charge in [0, 0.05) is 12.1 Å². The van der Waals surface area contributed by atoms with Gasteiger partial charge in [-0.3, -0.25) is 0 Å². The van der Waals surface area contributed by atoms with Gasteiger partial charge < -0.3 is 10.3 Å². The zero-order valence-electron chi connectivity index (χ0n) is 13.6. The standard InChI is InChI=1S/C17H31NO2/c1-7-10-15(11-8-2)16(14(3)4)18(20)17(5,6)12-9-13-19/h7-8,10-11,14,16,19-20H,1,9,12-13H2,2-6H3/b11-8-,15-10+. The van der Waals surface area contributed by atoms with Gasteiger partial charge in [0.05, 0.1) is 6.04 Å². The van der Waals surface area contributed by atoms with E-state index in [1.807, 2.05) is 39.0 Å². The van der Waals surface area contributed by atoms with E-state index in [-0.39, 0.29) is 24.1 Å². The molecule has 0 aliphatic rings. The molecule has 0 amide bonds. The van der Waals surface area contributed by atoms with Crippen LogP contribution in [0.1, 0.15) is 47.5 Å². The van der Waals surface area contributed by atoms with Crippen LogP contribution in [0.15, 0.2) is 36.5 Å². The highest BCUT2D eigenvalue weighted by atomic mass is 16.5. The van der Waals surface area contributed by atoms with Crippen LogP contribution in [0.4, 0.5) is 0 Å². The lowest BCUT2D eigenvalue weighted by Crippen LogP contribution is -2.50. The van der Waals surface area contributed by atoms with E-state index in [9.17, 15) is 5.21 Å². The van der Waals surface area contributed by atoms with E-state index in [2.05, 4.69) is 20.4 Å². The van der Waals surface area contributed by atoms with E-state index in [1.54, 1.807) is 6.08 Å². The van der Waals surface area contributed by atoms with Crippen LogP contribution >= 0.6 is 0 Å². The first-order chi connectivity index (χ1) is 9.31. The van der Waals surface area contributed by atoms with Crippen molar-refractivity contribution in [3.63, 3.8) is 0 Å². The van der Waals surface area contributed by atoms with Crippen LogP contribution < -0.4 is 0 Å². The number of hydroxylamine groups is 2. The van der Waals surface area contributed by atoms with Gasteiger partial charge in [-0.1, -0.05) is 44.7 Å². The first-order valence-electron chi connectivity index (χ1n) is 7.36. The molecule has 3 nitrogen and oxygen atoms in total. The molecule has 1 atom stereocenters. The Kier molecular flexibility index (Phi) is 8.70. The first kappa shape index (κ1) is 19.1. The van der Waals surface area contributed by atoms with Gasteiger partial charge in [0.25, 0.3) is 0 Å².